The van der Waals surface area contributed by atoms with Crippen molar-refractivity contribution in [1.29, 1.82) is 0 Å². The molecule has 0 amide bonds. The van der Waals surface area contributed by atoms with Gasteiger partial charge in [0.25, 0.3) is 0 Å². The Hall–Kier alpha value is -2.27. The van der Waals surface area contributed by atoms with Crippen LogP contribution in [0.3, 0.4) is 0 Å². The number of nitrogens with zero attached hydrogens (tertiary/aromatic N) is 2. The minimum absolute atomic E-state index is 0.164. The van der Waals surface area contributed by atoms with Gasteiger partial charge in [-0.2, -0.15) is 0 Å². The van der Waals surface area contributed by atoms with Crippen molar-refractivity contribution >= 4 is 22.9 Å². The van der Waals surface area contributed by atoms with Gasteiger partial charge < -0.3 is 19.6 Å². The summed E-state index contributed by atoms with van der Waals surface area (Å²) in [6.45, 7) is 16.4. The van der Waals surface area contributed by atoms with E-state index in [1.807, 2.05) is 12.1 Å². The Morgan fingerprint density at radius 3 is 1.77 bits per heavy atom. The number of aromatic hydroxyl groups is 1. The molecule has 2 aromatic carbocycles. The number of piperazine rings is 1. The molecule has 1 fully saturated rings. The smallest absolute Gasteiger partial charge is 0.123 e. The van der Waals surface area contributed by atoms with E-state index in [1.54, 1.807) is 7.11 Å². The van der Waals surface area contributed by atoms with E-state index in [4.69, 9.17) is 17.0 Å². The average Bonchev–Trinajstić information content (AvgIpc) is 2.72. The highest BCUT2D eigenvalue weighted by Crippen LogP contribution is 2.40. The summed E-state index contributed by atoms with van der Waals surface area (Å²) in [4.78, 5) is 5.54. The monoisotopic (exact) mass is 440 g/mol. The maximum absolute atomic E-state index is 11.0. The normalized spacial score (nSPS) is 15.2. The Morgan fingerprint density at radius 1 is 0.871 bits per heavy atom. The van der Waals surface area contributed by atoms with E-state index >= 15 is 0 Å². The molecule has 0 atom stereocenters. The molecule has 0 bridgehead atoms. The number of rotatable bonds is 3. The third-order valence-electron chi connectivity index (χ3n) is 5.98. The molecule has 2 aromatic rings. The second-order valence-corrected chi connectivity index (χ2v) is 10.8. The fourth-order valence-electron chi connectivity index (χ4n) is 4.04. The molecule has 1 aliphatic rings. The van der Waals surface area contributed by atoms with Gasteiger partial charge >= 0.3 is 0 Å². The first-order chi connectivity index (χ1) is 14.4. The Bertz CT molecular complexity index is 896. The topological polar surface area (TPSA) is 35.9 Å². The molecule has 0 radical (unpaired) electrons. The predicted molar refractivity (Wildman–Crippen MR) is 134 cm³/mol. The quantitative estimate of drug-likeness (QED) is 0.638. The van der Waals surface area contributed by atoms with Crippen molar-refractivity contribution in [3.8, 4) is 11.5 Å². The van der Waals surface area contributed by atoms with Crippen molar-refractivity contribution < 1.29 is 9.84 Å². The lowest BCUT2D eigenvalue weighted by Crippen LogP contribution is -2.48. The Kier molecular flexibility index (Phi) is 6.56. The lowest BCUT2D eigenvalue weighted by atomic mass is 9.78. The molecule has 0 aromatic heterocycles. The molecule has 0 aliphatic carbocycles. The Labute approximate surface area is 192 Å². The summed E-state index contributed by atoms with van der Waals surface area (Å²) in [5.74, 6) is 1.27. The fourth-order valence-corrected chi connectivity index (χ4v) is 4.35. The highest BCUT2D eigenvalue weighted by molar-refractivity contribution is 7.80. The first kappa shape index (κ1) is 23.4. The Morgan fingerprint density at radius 2 is 1.35 bits per heavy atom. The number of anilines is 1. The lowest BCUT2D eigenvalue weighted by molar-refractivity contribution is 0.391. The summed E-state index contributed by atoms with van der Waals surface area (Å²) in [5, 5.41) is 11.0. The van der Waals surface area contributed by atoms with Crippen LogP contribution in [0.1, 0.15) is 58.2 Å². The summed E-state index contributed by atoms with van der Waals surface area (Å²) >= 11 is 5.95. The molecule has 5 heteroatoms. The first-order valence-electron chi connectivity index (χ1n) is 11.0. The van der Waals surface area contributed by atoms with Gasteiger partial charge in [-0.3, -0.25) is 0 Å². The zero-order valence-corrected chi connectivity index (χ0v) is 20.8. The zero-order chi connectivity index (χ0) is 23.0. The van der Waals surface area contributed by atoms with Gasteiger partial charge in [-0.25, -0.2) is 0 Å². The van der Waals surface area contributed by atoms with Crippen LogP contribution in [0.25, 0.3) is 0 Å². The molecule has 0 saturated carbocycles. The second-order valence-electron chi connectivity index (χ2n) is 10.4. The van der Waals surface area contributed by atoms with Gasteiger partial charge in [0.15, 0.2) is 0 Å². The van der Waals surface area contributed by atoms with E-state index in [0.29, 0.717) is 5.75 Å². The van der Waals surface area contributed by atoms with Crippen LogP contribution >= 0.6 is 12.2 Å². The molecule has 1 N–H and O–H groups in total. The molecule has 168 valence electrons. The van der Waals surface area contributed by atoms with E-state index in [1.165, 1.54) is 5.69 Å². The molecule has 1 saturated heterocycles. The minimum Gasteiger partial charge on any atom is -0.507 e. The molecular formula is C26H36N2O2S. The van der Waals surface area contributed by atoms with Crippen LogP contribution in [-0.2, 0) is 10.8 Å². The number of ether oxygens (including phenoxy) is 1. The second kappa shape index (κ2) is 8.70. The number of phenols is 1. The van der Waals surface area contributed by atoms with Crippen molar-refractivity contribution in [2.75, 3.05) is 38.2 Å². The van der Waals surface area contributed by atoms with Crippen molar-refractivity contribution in [3.63, 3.8) is 0 Å². The summed E-state index contributed by atoms with van der Waals surface area (Å²) in [6.07, 6.45) is 0. The number of hydrogen-bond acceptors (Lipinski definition) is 4. The lowest BCUT2D eigenvalue weighted by Gasteiger charge is -2.38. The van der Waals surface area contributed by atoms with Gasteiger partial charge in [-0.15, -0.1) is 0 Å². The molecular weight excluding hydrogens is 404 g/mol. The van der Waals surface area contributed by atoms with Crippen LogP contribution in [0, 0.1) is 0 Å². The number of hydrogen-bond donors (Lipinski definition) is 1. The standard InChI is InChI=1S/C26H36N2O2S/c1-25(2,3)21-16-18(17-22(23(21)29)26(4,5)6)24(31)28-14-12-27(13-15-28)19-8-10-20(30-7)11-9-19/h8-11,16-17,29H,12-15H2,1-7H3. The first-order valence-corrected chi connectivity index (χ1v) is 11.4. The molecule has 1 heterocycles. The summed E-state index contributed by atoms with van der Waals surface area (Å²) in [6, 6.07) is 12.4. The van der Waals surface area contributed by atoms with E-state index < -0.39 is 0 Å². The van der Waals surface area contributed by atoms with E-state index in [9.17, 15) is 5.11 Å². The van der Waals surface area contributed by atoms with Gasteiger partial charge in [0.2, 0.25) is 0 Å². The number of thiocarbonyl (C=S) groups is 1. The average molecular weight is 441 g/mol. The number of phenolic OH excluding ortho intramolecular Hbond substituents is 1. The highest BCUT2D eigenvalue weighted by atomic mass is 32.1. The SMILES string of the molecule is COc1ccc(N2CCN(C(=S)c3cc(C(C)(C)C)c(O)c(C(C)(C)C)c3)CC2)cc1. The molecule has 1 aliphatic heterocycles. The van der Waals surface area contributed by atoms with Crippen molar-refractivity contribution in [1.82, 2.24) is 4.90 Å². The third kappa shape index (κ3) is 5.15. The fraction of sp³-hybridized carbons (Fsp3) is 0.500. The summed E-state index contributed by atoms with van der Waals surface area (Å²) < 4.78 is 5.27. The van der Waals surface area contributed by atoms with Crippen LogP contribution in [-0.4, -0.2) is 48.3 Å². The van der Waals surface area contributed by atoms with E-state index in [2.05, 4.69) is 75.6 Å². The summed E-state index contributed by atoms with van der Waals surface area (Å²) in [7, 11) is 1.69. The molecule has 4 nitrogen and oxygen atoms in total. The highest BCUT2D eigenvalue weighted by Gasteiger charge is 2.28. The third-order valence-corrected chi connectivity index (χ3v) is 6.47. The number of benzene rings is 2. The van der Waals surface area contributed by atoms with E-state index in [0.717, 1.165) is 53.6 Å². The van der Waals surface area contributed by atoms with Gasteiger partial charge in [0.1, 0.15) is 16.5 Å². The predicted octanol–water partition coefficient (Wildman–Crippen LogP) is 5.49. The minimum atomic E-state index is -0.164. The van der Waals surface area contributed by atoms with Crippen LogP contribution in [0.4, 0.5) is 5.69 Å². The largest absolute Gasteiger partial charge is 0.507 e. The van der Waals surface area contributed by atoms with Gasteiger partial charge in [-0.1, -0.05) is 53.8 Å². The maximum atomic E-state index is 11.0. The van der Waals surface area contributed by atoms with Crippen molar-refractivity contribution in [2.45, 2.75) is 52.4 Å². The van der Waals surface area contributed by atoms with Gasteiger partial charge in [0, 0.05) is 48.6 Å². The van der Waals surface area contributed by atoms with Gasteiger partial charge in [-0.05, 0) is 47.2 Å². The molecule has 0 unspecified atom stereocenters. The van der Waals surface area contributed by atoms with Crippen LogP contribution in [0.5, 0.6) is 11.5 Å². The van der Waals surface area contributed by atoms with Crippen molar-refractivity contribution in [2.24, 2.45) is 0 Å². The van der Waals surface area contributed by atoms with Crippen molar-refractivity contribution in [3.05, 3.63) is 53.1 Å². The molecule has 3 rings (SSSR count). The summed E-state index contributed by atoms with van der Waals surface area (Å²) in [5.41, 5.74) is 3.82. The van der Waals surface area contributed by atoms with Crippen LogP contribution < -0.4 is 9.64 Å². The maximum Gasteiger partial charge on any atom is 0.123 e. The molecule has 31 heavy (non-hydrogen) atoms. The molecule has 0 spiro atoms. The van der Waals surface area contributed by atoms with Crippen LogP contribution in [0.15, 0.2) is 36.4 Å². The van der Waals surface area contributed by atoms with E-state index in [-0.39, 0.29) is 10.8 Å². The Balaban J connectivity index is 1.81. The zero-order valence-electron chi connectivity index (χ0n) is 20.0. The van der Waals surface area contributed by atoms with Gasteiger partial charge in [0.05, 0.1) is 7.11 Å². The number of methoxy groups -OCH3 is 1. The van der Waals surface area contributed by atoms with Crippen LogP contribution in [0.2, 0.25) is 0 Å².